The van der Waals surface area contributed by atoms with E-state index in [0.717, 1.165) is 23.2 Å². The number of carbonyl (C=O) groups excluding carboxylic acids is 1. The summed E-state index contributed by atoms with van der Waals surface area (Å²) in [7, 11) is 0. The van der Waals surface area contributed by atoms with Crippen molar-refractivity contribution in [1.29, 1.82) is 0 Å². The zero-order chi connectivity index (χ0) is 25.1. The number of urea groups is 1. The Bertz CT molecular complexity index is 1450. The van der Waals surface area contributed by atoms with E-state index in [2.05, 4.69) is 5.32 Å². The van der Waals surface area contributed by atoms with Crippen molar-refractivity contribution in [3.63, 3.8) is 0 Å². The molecule has 0 aliphatic rings. The van der Waals surface area contributed by atoms with Gasteiger partial charge in [-0.3, -0.25) is 9.36 Å². The van der Waals surface area contributed by atoms with Crippen LogP contribution in [0.1, 0.15) is 43.3 Å². The summed E-state index contributed by atoms with van der Waals surface area (Å²) >= 11 is 6.10. The number of para-hydroxylation sites is 1. The third kappa shape index (κ3) is 5.08. The second kappa shape index (κ2) is 10.3. The number of carbonyl (C=O) groups is 1. The molecule has 2 amide bonds. The Morgan fingerprint density at radius 2 is 1.86 bits per heavy atom. The molecule has 0 bridgehead atoms. The molecule has 0 saturated carbocycles. The van der Waals surface area contributed by atoms with E-state index in [9.17, 15) is 9.59 Å². The van der Waals surface area contributed by atoms with Crippen molar-refractivity contribution in [2.24, 2.45) is 0 Å². The number of nitrogens with zero attached hydrogens (tertiary/aromatic N) is 3. The van der Waals surface area contributed by atoms with Crippen molar-refractivity contribution in [1.82, 2.24) is 14.5 Å². The standard InChI is InChI=1S/C28H29ClN4O2/c1-5-15-32(28(35)30-22-10-8-9-21(29)17-22)20(4)26-31-24-12-7-6-11-23(24)27(34)33(26)25-14-13-18(2)16-19(25)3/h6-14,16-17,20H,5,15H2,1-4H3,(H,30,35). The van der Waals surface area contributed by atoms with E-state index >= 15 is 0 Å². The Morgan fingerprint density at radius 1 is 1.09 bits per heavy atom. The van der Waals surface area contributed by atoms with Gasteiger partial charge >= 0.3 is 6.03 Å². The van der Waals surface area contributed by atoms with Gasteiger partial charge in [-0.15, -0.1) is 0 Å². The lowest BCUT2D eigenvalue weighted by Gasteiger charge is -2.30. The second-order valence-corrected chi connectivity index (χ2v) is 9.16. The zero-order valence-corrected chi connectivity index (χ0v) is 21.1. The van der Waals surface area contributed by atoms with Crippen LogP contribution < -0.4 is 10.9 Å². The van der Waals surface area contributed by atoms with Crippen molar-refractivity contribution in [2.75, 3.05) is 11.9 Å². The number of hydrogen-bond donors (Lipinski definition) is 1. The van der Waals surface area contributed by atoms with Gasteiger partial charge in [0, 0.05) is 17.3 Å². The highest BCUT2D eigenvalue weighted by Crippen LogP contribution is 2.26. The van der Waals surface area contributed by atoms with E-state index in [0.29, 0.717) is 34.0 Å². The van der Waals surface area contributed by atoms with E-state index < -0.39 is 6.04 Å². The monoisotopic (exact) mass is 488 g/mol. The van der Waals surface area contributed by atoms with Crippen LogP contribution in [0.25, 0.3) is 16.6 Å². The summed E-state index contributed by atoms with van der Waals surface area (Å²) in [6.45, 7) is 8.41. The fraction of sp³-hybridized carbons (Fsp3) is 0.250. The van der Waals surface area contributed by atoms with Crippen molar-refractivity contribution in [2.45, 2.75) is 40.2 Å². The molecule has 7 heteroatoms. The van der Waals surface area contributed by atoms with Crippen molar-refractivity contribution in [3.05, 3.63) is 99.1 Å². The molecule has 1 aromatic heterocycles. The molecule has 6 nitrogen and oxygen atoms in total. The predicted octanol–water partition coefficient (Wildman–Crippen LogP) is 6.66. The summed E-state index contributed by atoms with van der Waals surface area (Å²) in [6, 6.07) is 19.5. The number of fused-ring (bicyclic) bond motifs is 1. The Kier molecular flexibility index (Phi) is 7.22. The van der Waals surface area contributed by atoms with Gasteiger partial charge in [-0.25, -0.2) is 9.78 Å². The van der Waals surface area contributed by atoms with E-state index in [1.807, 2.05) is 64.1 Å². The van der Waals surface area contributed by atoms with Crippen molar-refractivity contribution in [3.8, 4) is 5.69 Å². The van der Waals surface area contributed by atoms with Gasteiger partial charge in [0.25, 0.3) is 5.56 Å². The van der Waals surface area contributed by atoms with Gasteiger partial charge in [-0.05, 0) is 69.2 Å². The molecule has 0 radical (unpaired) electrons. The number of benzene rings is 3. The number of halogens is 1. The Morgan fingerprint density at radius 3 is 2.57 bits per heavy atom. The number of nitrogens with one attached hydrogen (secondary N) is 1. The molecule has 0 aliphatic carbocycles. The summed E-state index contributed by atoms with van der Waals surface area (Å²) < 4.78 is 1.65. The molecule has 1 heterocycles. The molecule has 180 valence electrons. The summed E-state index contributed by atoms with van der Waals surface area (Å²) in [5.41, 5.74) is 3.88. The van der Waals surface area contributed by atoms with Crippen LogP contribution in [-0.2, 0) is 0 Å². The van der Waals surface area contributed by atoms with Gasteiger partial charge in [0.05, 0.1) is 22.6 Å². The second-order valence-electron chi connectivity index (χ2n) is 8.73. The third-order valence-electron chi connectivity index (χ3n) is 6.04. The highest BCUT2D eigenvalue weighted by molar-refractivity contribution is 6.30. The third-order valence-corrected chi connectivity index (χ3v) is 6.27. The van der Waals surface area contributed by atoms with Crippen LogP contribution >= 0.6 is 11.6 Å². The maximum Gasteiger partial charge on any atom is 0.322 e. The summed E-state index contributed by atoms with van der Waals surface area (Å²) in [6.07, 6.45) is 0.745. The van der Waals surface area contributed by atoms with Crippen LogP contribution in [0.5, 0.6) is 0 Å². The fourth-order valence-electron chi connectivity index (χ4n) is 4.33. The predicted molar refractivity (Wildman–Crippen MR) is 143 cm³/mol. The summed E-state index contributed by atoms with van der Waals surface area (Å²) in [5.74, 6) is 0.510. The number of hydrogen-bond acceptors (Lipinski definition) is 3. The fourth-order valence-corrected chi connectivity index (χ4v) is 4.52. The van der Waals surface area contributed by atoms with Crippen LogP contribution in [0.4, 0.5) is 10.5 Å². The number of aryl methyl sites for hydroxylation is 2. The van der Waals surface area contributed by atoms with Gasteiger partial charge in [0.2, 0.25) is 0 Å². The molecule has 4 aromatic rings. The Hall–Kier alpha value is -3.64. The topological polar surface area (TPSA) is 67.2 Å². The molecule has 3 aromatic carbocycles. The average molecular weight is 489 g/mol. The highest BCUT2D eigenvalue weighted by Gasteiger charge is 2.27. The van der Waals surface area contributed by atoms with E-state index in [1.54, 1.807) is 39.8 Å². The Labute approximate surface area is 210 Å². The molecule has 4 rings (SSSR count). The first kappa shape index (κ1) is 24.5. The largest absolute Gasteiger partial charge is 0.322 e. The van der Waals surface area contributed by atoms with Crippen LogP contribution in [0.2, 0.25) is 5.02 Å². The average Bonchev–Trinajstić information content (AvgIpc) is 2.82. The number of anilines is 1. The molecule has 1 atom stereocenters. The quantitative estimate of drug-likeness (QED) is 0.330. The van der Waals surface area contributed by atoms with E-state index in [1.165, 1.54) is 0 Å². The normalized spacial score (nSPS) is 11.9. The summed E-state index contributed by atoms with van der Waals surface area (Å²) in [5, 5.41) is 4.01. The molecular formula is C28H29ClN4O2. The lowest BCUT2D eigenvalue weighted by Crippen LogP contribution is -2.40. The van der Waals surface area contributed by atoms with Gasteiger partial charge in [0.15, 0.2) is 0 Å². The zero-order valence-electron chi connectivity index (χ0n) is 20.4. The van der Waals surface area contributed by atoms with Gasteiger partial charge in [0.1, 0.15) is 5.82 Å². The maximum absolute atomic E-state index is 13.8. The molecule has 0 saturated heterocycles. The lowest BCUT2D eigenvalue weighted by atomic mass is 10.1. The number of rotatable bonds is 6. The maximum atomic E-state index is 13.8. The summed E-state index contributed by atoms with van der Waals surface area (Å²) in [4.78, 5) is 33.8. The molecule has 35 heavy (non-hydrogen) atoms. The highest BCUT2D eigenvalue weighted by atomic mass is 35.5. The first-order chi connectivity index (χ1) is 16.8. The first-order valence-corrected chi connectivity index (χ1v) is 12.1. The van der Waals surface area contributed by atoms with E-state index in [-0.39, 0.29) is 11.6 Å². The van der Waals surface area contributed by atoms with E-state index in [4.69, 9.17) is 16.6 Å². The minimum Gasteiger partial charge on any atom is -0.315 e. The van der Waals surface area contributed by atoms with Crippen LogP contribution in [0, 0.1) is 13.8 Å². The first-order valence-electron chi connectivity index (χ1n) is 11.7. The number of aromatic nitrogens is 2. The molecule has 1 unspecified atom stereocenters. The lowest BCUT2D eigenvalue weighted by molar-refractivity contribution is 0.189. The molecular weight excluding hydrogens is 460 g/mol. The van der Waals surface area contributed by atoms with Crippen LogP contribution in [0.15, 0.2) is 71.5 Å². The van der Waals surface area contributed by atoms with Gasteiger partial charge in [-0.2, -0.15) is 0 Å². The number of amides is 2. The molecule has 0 fully saturated rings. The van der Waals surface area contributed by atoms with Gasteiger partial charge < -0.3 is 10.2 Å². The minimum atomic E-state index is -0.479. The SMILES string of the molecule is CCCN(C(=O)Nc1cccc(Cl)c1)C(C)c1nc2ccccc2c(=O)n1-c1ccc(C)cc1C. The minimum absolute atomic E-state index is 0.156. The smallest absolute Gasteiger partial charge is 0.315 e. The Balaban J connectivity index is 1.85. The van der Waals surface area contributed by atoms with Crippen LogP contribution in [-0.4, -0.2) is 27.0 Å². The van der Waals surface area contributed by atoms with Crippen LogP contribution in [0.3, 0.4) is 0 Å². The van der Waals surface area contributed by atoms with Crippen molar-refractivity contribution < 1.29 is 4.79 Å². The van der Waals surface area contributed by atoms with Gasteiger partial charge in [-0.1, -0.05) is 54.4 Å². The van der Waals surface area contributed by atoms with Crippen molar-refractivity contribution >= 4 is 34.2 Å². The molecule has 0 spiro atoms. The molecule has 1 N–H and O–H groups in total. The molecule has 0 aliphatic heterocycles.